The number of benzene rings is 4. The quantitative estimate of drug-likeness (QED) is 0.227. The zero-order valence-electron chi connectivity index (χ0n) is 20.9. The molecular weight excluding hydrogens is 510 g/mol. The molecule has 4 rings (SSSR count). The van der Waals surface area contributed by atoms with E-state index in [0.29, 0.717) is 28.3 Å². The fourth-order valence-electron chi connectivity index (χ4n) is 3.82. The summed E-state index contributed by atoms with van der Waals surface area (Å²) in [6.07, 6.45) is -0.864. The van der Waals surface area contributed by atoms with E-state index >= 15 is 0 Å². The molecule has 0 saturated heterocycles. The van der Waals surface area contributed by atoms with Crippen LogP contribution in [0.15, 0.2) is 84.9 Å². The van der Waals surface area contributed by atoms with Crippen LogP contribution in [0.25, 0.3) is 0 Å². The number of carboxylic acids is 1. The molecule has 0 unspecified atom stereocenters. The van der Waals surface area contributed by atoms with Crippen LogP contribution < -0.4 is 24.8 Å². The Morgan fingerprint density at radius 3 is 1.67 bits per heavy atom. The standard InChI is InChI=1S/C29H24F2N2O6/c1-37-25-14-12-22(16-26(25)38-2)33-29(36)32-21-11-13-24(23(15-21)28(34)35)39-27(17-3-7-19(30)8-4-17)18-5-9-20(31)10-6-18/h3-16,27H,1-2H3,(H,34,35)(H2,32,33,36). The van der Waals surface area contributed by atoms with Crippen molar-refractivity contribution in [2.45, 2.75) is 6.10 Å². The second-order valence-corrected chi connectivity index (χ2v) is 8.27. The predicted molar refractivity (Wildman–Crippen MR) is 141 cm³/mol. The zero-order chi connectivity index (χ0) is 27.9. The number of nitrogens with one attached hydrogen (secondary N) is 2. The fourth-order valence-corrected chi connectivity index (χ4v) is 3.82. The van der Waals surface area contributed by atoms with Crippen molar-refractivity contribution in [1.82, 2.24) is 0 Å². The fraction of sp³-hybridized carbons (Fsp3) is 0.103. The number of halogens is 2. The van der Waals surface area contributed by atoms with Crippen LogP contribution in [-0.2, 0) is 0 Å². The van der Waals surface area contributed by atoms with Gasteiger partial charge in [0.25, 0.3) is 0 Å². The Labute approximate surface area is 222 Å². The van der Waals surface area contributed by atoms with Gasteiger partial charge in [0.15, 0.2) is 11.5 Å². The average Bonchev–Trinajstić information content (AvgIpc) is 2.93. The maximum atomic E-state index is 13.5. The Hall–Kier alpha value is -5.12. The summed E-state index contributed by atoms with van der Waals surface area (Å²) in [5.41, 5.74) is 1.43. The molecule has 8 nitrogen and oxygen atoms in total. The number of amides is 2. The van der Waals surface area contributed by atoms with Gasteiger partial charge in [0.1, 0.15) is 29.1 Å². The van der Waals surface area contributed by atoms with Gasteiger partial charge in [-0.1, -0.05) is 24.3 Å². The molecule has 4 aromatic rings. The Morgan fingerprint density at radius 2 is 1.18 bits per heavy atom. The van der Waals surface area contributed by atoms with Gasteiger partial charge in [-0.3, -0.25) is 0 Å². The molecule has 0 aromatic heterocycles. The lowest BCUT2D eigenvalue weighted by molar-refractivity contribution is 0.0690. The molecule has 4 aromatic carbocycles. The minimum atomic E-state index is -1.30. The van der Waals surface area contributed by atoms with Crippen molar-refractivity contribution >= 4 is 23.4 Å². The van der Waals surface area contributed by atoms with E-state index in [1.165, 1.54) is 80.9 Å². The van der Waals surface area contributed by atoms with Crippen LogP contribution in [0.2, 0.25) is 0 Å². The maximum absolute atomic E-state index is 13.5. The first kappa shape index (κ1) is 26.9. The number of urea groups is 1. The number of carboxylic acid groups (broad SMARTS) is 1. The summed E-state index contributed by atoms with van der Waals surface area (Å²) in [6.45, 7) is 0. The lowest BCUT2D eigenvalue weighted by Crippen LogP contribution is -2.20. The average molecular weight is 535 g/mol. The second-order valence-electron chi connectivity index (χ2n) is 8.27. The third kappa shape index (κ3) is 6.61. The van der Waals surface area contributed by atoms with Crippen LogP contribution in [0, 0.1) is 11.6 Å². The highest BCUT2D eigenvalue weighted by molar-refractivity contribution is 6.01. The molecule has 200 valence electrons. The summed E-state index contributed by atoms with van der Waals surface area (Å²) >= 11 is 0. The molecule has 0 radical (unpaired) electrons. The number of methoxy groups -OCH3 is 2. The van der Waals surface area contributed by atoms with E-state index in [1.807, 2.05) is 0 Å². The van der Waals surface area contributed by atoms with E-state index in [2.05, 4.69) is 10.6 Å². The van der Waals surface area contributed by atoms with Gasteiger partial charge in [-0.15, -0.1) is 0 Å². The molecule has 0 fully saturated rings. The third-order valence-electron chi connectivity index (χ3n) is 5.70. The smallest absolute Gasteiger partial charge is 0.339 e. The zero-order valence-corrected chi connectivity index (χ0v) is 20.9. The molecule has 0 aliphatic carbocycles. The number of aromatic carboxylic acids is 1. The van der Waals surface area contributed by atoms with E-state index in [1.54, 1.807) is 18.2 Å². The summed E-state index contributed by atoms with van der Waals surface area (Å²) in [6, 6.07) is 19.3. The van der Waals surface area contributed by atoms with Gasteiger partial charge in [-0.25, -0.2) is 18.4 Å². The molecule has 10 heteroatoms. The summed E-state index contributed by atoms with van der Waals surface area (Å²) < 4.78 is 43.6. The van der Waals surface area contributed by atoms with Gasteiger partial charge in [-0.05, 0) is 65.7 Å². The monoisotopic (exact) mass is 534 g/mol. The van der Waals surface area contributed by atoms with Crippen molar-refractivity contribution < 1.29 is 37.7 Å². The highest BCUT2D eigenvalue weighted by Gasteiger charge is 2.21. The molecule has 0 atom stereocenters. The minimum Gasteiger partial charge on any atom is -0.493 e. The van der Waals surface area contributed by atoms with Crippen LogP contribution >= 0.6 is 0 Å². The lowest BCUT2D eigenvalue weighted by atomic mass is 10.0. The van der Waals surface area contributed by atoms with Crippen LogP contribution in [0.5, 0.6) is 17.2 Å². The van der Waals surface area contributed by atoms with Crippen LogP contribution in [0.1, 0.15) is 27.6 Å². The van der Waals surface area contributed by atoms with Gasteiger partial charge in [-0.2, -0.15) is 0 Å². The lowest BCUT2D eigenvalue weighted by Gasteiger charge is -2.22. The number of ether oxygens (including phenoxy) is 3. The van der Waals surface area contributed by atoms with E-state index in [9.17, 15) is 23.5 Å². The van der Waals surface area contributed by atoms with Crippen molar-refractivity contribution in [2.24, 2.45) is 0 Å². The summed E-state index contributed by atoms with van der Waals surface area (Å²) in [5.74, 6) is -1.31. The molecule has 0 heterocycles. The van der Waals surface area contributed by atoms with Gasteiger partial charge in [0.2, 0.25) is 0 Å². The van der Waals surface area contributed by atoms with E-state index in [4.69, 9.17) is 14.2 Å². The molecule has 0 spiro atoms. The Morgan fingerprint density at radius 1 is 0.692 bits per heavy atom. The van der Waals surface area contributed by atoms with Gasteiger partial charge >= 0.3 is 12.0 Å². The number of carbonyl (C=O) groups is 2. The van der Waals surface area contributed by atoms with E-state index < -0.39 is 29.7 Å². The number of anilines is 2. The van der Waals surface area contributed by atoms with Crippen molar-refractivity contribution in [3.63, 3.8) is 0 Å². The van der Waals surface area contributed by atoms with Crippen molar-refractivity contribution in [3.05, 3.63) is 113 Å². The van der Waals surface area contributed by atoms with E-state index in [-0.39, 0.29) is 17.0 Å². The second kappa shape index (κ2) is 12.0. The van der Waals surface area contributed by atoms with Gasteiger partial charge in [0.05, 0.1) is 14.2 Å². The number of carbonyl (C=O) groups excluding carboxylic acids is 1. The highest BCUT2D eigenvalue weighted by atomic mass is 19.1. The third-order valence-corrected chi connectivity index (χ3v) is 5.70. The molecule has 2 amide bonds. The number of rotatable bonds is 9. The number of hydrogen-bond donors (Lipinski definition) is 3. The van der Waals surface area contributed by atoms with Gasteiger partial charge in [0, 0.05) is 17.4 Å². The molecule has 3 N–H and O–H groups in total. The number of hydrogen-bond acceptors (Lipinski definition) is 5. The van der Waals surface area contributed by atoms with Crippen LogP contribution in [0.4, 0.5) is 25.0 Å². The molecule has 0 bridgehead atoms. The van der Waals surface area contributed by atoms with Crippen LogP contribution in [0.3, 0.4) is 0 Å². The Balaban J connectivity index is 1.57. The molecule has 39 heavy (non-hydrogen) atoms. The SMILES string of the molecule is COc1ccc(NC(=O)Nc2ccc(OC(c3ccc(F)cc3)c3ccc(F)cc3)c(C(=O)O)c2)cc1OC. The Bertz CT molecular complexity index is 1430. The summed E-state index contributed by atoms with van der Waals surface area (Å²) in [5, 5.41) is 15.1. The van der Waals surface area contributed by atoms with Crippen LogP contribution in [-0.4, -0.2) is 31.3 Å². The first-order valence-electron chi connectivity index (χ1n) is 11.6. The molecule has 0 aliphatic heterocycles. The first-order chi connectivity index (χ1) is 18.8. The Kier molecular flexibility index (Phi) is 8.25. The normalized spacial score (nSPS) is 10.6. The highest BCUT2D eigenvalue weighted by Crippen LogP contribution is 2.33. The first-order valence-corrected chi connectivity index (χ1v) is 11.6. The summed E-state index contributed by atoms with van der Waals surface area (Å²) in [4.78, 5) is 24.7. The molecule has 0 saturated carbocycles. The largest absolute Gasteiger partial charge is 0.493 e. The summed E-state index contributed by atoms with van der Waals surface area (Å²) in [7, 11) is 2.96. The van der Waals surface area contributed by atoms with Gasteiger partial charge < -0.3 is 30.0 Å². The van der Waals surface area contributed by atoms with E-state index in [0.717, 1.165) is 0 Å². The molecule has 0 aliphatic rings. The maximum Gasteiger partial charge on any atom is 0.339 e. The topological polar surface area (TPSA) is 106 Å². The molecular formula is C29H24F2N2O6. The van der Waals surface area contributed by atoms with Crippen molar-refractivity contribution in [2.75, 3.05) is 24.9 Å². The minimum absolute atomic E-state index is 0.00741. The predicted octanol–water partition coefficient (Wildman–Crippen LogP) is 6.49. The van der Waals surface area contributed by atoms with Crippen molar-refractivity contribution in [3.8, 4) is 17.2 Å². The van der Waals surface area contributed by atoms with Crippen molar-refractivity contribution in [1.29, 1.82) is 0 Å².